The van der Waals surface area contributed by atoms with Crippen molar-refractivity contribution in [3.63, 3.8) is 0 Å². The fourth-order valence-corrected chi connectivity index (χ4v) is 3.29. The van der Waals surface area contributed by atoms with Crippen LogP contribution in [0.25, 0.3) is 10.8 Å². The van der Waals surface area contributed by atoms with Gasteiger partial charge in [0.2, 0.25) is 0 Å². The molecule has 3 nitrogen and oxygen atoms in total. The van der Waals surface area contributed by atoms with Crippen molar-refractivity contribution in [2.24, 2.45) is 5.92 Å². The van der Waals surface area contributed by atoms with Gasteiger partial charge in [-0.15, -0.1) is 0 Å². The van der Waals surface area contributed by atoms with Crippen molar-refractivity contribution in [3.05, 3.63) is 42.0 Å². The summed E-state index contributed by atoms with van der Waals surface area (Å²) in [4.78, 5) is 14.7. The third-order valence-electron chi connectivity index (χ3n) is 4.42. The molecule has 2 aromatic rings. The van der Waals surface area contributed by atoms with Crippen LogP contribution in [0.5, 0.6) is 5.75 Å². The third kappa shape index (κ3) is 2.48. The lowest BCUT2D eigenvalue weighted by atomic mass is 10.0. The highest BCUT2D eigenvalue weighted by atomic mass is 16.3. The number of hydrogen-bond donors (Lipinski definition) is 1. The molecule has 1 aliphatic heterocycles. The number of benzene rings is 2. The number of rotatable bonds is 2. The van der Waals surface area contributed by atoms with E-state index in [4.69, 9.17) is 0 Å². The second-order valence-corrected chi connectivity index (χ2v) is 6.17. The fourth-order valence-electron chi connectivity index (χ4n) is 3.29. The van der Waals surface area contributed by atoms with Crippen molar-refractivity contribution < 1.29 is 9.90 Å². The second kappa shape index (κ2) is 5.40. The molecule has 1 aliphatic rings. The van der Waals surface area contributed by atoms with Crippen LogP contribution < -0.4 is 0 Å². The highest BCUT2D eigenvalue weighted by Crippen LogP contribution is 2.30. The Balaban J connectivity index is 1.99. The van der Waals surface area contributed by atoms with Gasteiger partial charge in [-0.3, -0.25) is 4.79 Å². The summed E-state index contributed by atoms with van der Waals surface area (Å²) in [5.41, 5.74) is 0.418. The maximum Gasteiger partial charge on any atom is 0.257 e. The minimum absolute atomic E-state index is 0.0468. The molecule has 110 valence electrons. The van der Waals surface area contributed by atoms with E-state index < -0.39 is 0 Å². The van der Waals surface area contributed by atoms with E-state index in [1.165, 1.54) is 0 Å². The van der Waals surface area contributed by atoms with Gasteiger partial charge in [-0.2, -0.15) is 0 Å². The normalized spacial score (nSPS) is 18.6. The maximum atomic E-state index is 12.8. The number of aromatic hydroxyl groups is 1. The molecular weight excluding hydrogens is 262 g/mol. The van der Waals surface area contributed by atoms with E-state index in [0.29, 0.717) is 11.5 Å². The lowest BCUT2D eigenvalue weighted by Gasteiger charge is -2.28. The van der Waals surface area contributed by atoms with Gasteiger partial charge >= 0.3 is 0 Å². The van der Waals surface area contributed by atoms with Gasteiger partial charge in [0.25, 0.3) is 5.91 Å². The van der Waals surface area contributed by atoms with Gasteiger partial charge in [0.05, 0.1) is 5.56 Å². The summed E-state index contributed by atoms with van der Waals surface area (Å²) in [6.07, 6.45) is 2.10. The summed E-state index contributed by atoms with van der Waals surface area (Å²) < 4.78 is 0. The number of carbonyl (C=O) groups is 1. The zero-order valence-electron chi connectivity index (χ0n) is 12.5. The van der Waals surface area contributed by atoms with Gasteiger partial charge in [-0.1, -0.05) is 38.1 Å². The molecule has 1 heterocycles. The Bertz CT molecular complexity index is 678. The summed E-state index contributed by atoms with van der Waals surface area (Å²) in [5.74, 6) is 0.474. The van der Waals surface area contributed by atoms with Crippen molar-refractivity contribution in [3.8, 4) is 5.75 Å². The molecule has 1 unspecified atom stereocenters. The van der Waals surface area contributed by atoms with Gasteiger partial charge in [0, 0.05) is 12.6 Å². The molecule has 21 heavy (non-hydrogen) atoms. The minimum Gasteiger partial charge on any atom is -0.507 e. The standard InChI is InChI=1S/C18H21NO2/c1-12(2)16-8-5-9-19(16)18(21)15-10-13-6-3-4-7-14(13)11-17(15)20/h3-4,6-7,10-12,16,20H,5,8-9H2,1-2H3. The summed E-state index contributed by atoms with van der Waals surface area (Å²) in [6.45, 7) is 5.08. The molecule has 0 aromatic heterocycles. The first-order valence-electron chi connectivity index (χ1n) is 7.60. The quantitative estimate of drug-likeness (QED) is 0.910. The zero-order chi connectivity index (χ0) is 15.0. The Morgan fingerprint density at radius 3 is 2.57 bits per heavy atom. The Kier molecular flexibility index (Phi) is 3.58. The summed E-state index contributed by atoms with van der Waals surface area (Å²) in [6, 6.07) is 11.6. The molecule has 1 amide bonds. The number of carbonyl (C=O) groups excluding carboxylic acids is 1. The predicted octanol–water partition coefficient (Wildman–Crippen LogP) is 3.81. The highest BCUT2D eigenvalue weighted by molar-refractivity contribution is 6.01. The van der Waals surface area contributed by atoms with Crippen molar-refractivity contribution in [1.29, 1.82) is 0 Å². The van der Waals surface area contributed by atoms with Crippen molar-refractivity contribution in [2.45, 2.75) is 32.7 Å². The van der Waals surface area contributed by atoms with Crippen molar-refractivity contribution in [1.82, 2.24) is 4.90 Å². The van der Waals surface area contributed by atoms with Gasteiger partial charge in [0.15, 0.2) is 0 Å². The molecule has 1 N–H and O–H groups in total. The first-order valence-corrected chi connectivity index (χ1v) is 7.60. The number of phenolic OH excluding ortho intramolecular Hbond substituents is 1. The first kappa shape index (κ1) is 13.9. The Hall–Kier alpha value is -2.03. The van der Waals surface area contributed by atoms with Crippen molar-refractivity contribution >= 4 is 16.7 Å². The monoisotopic (exact) mass is 283 g/mol. The molecule has 1 atom stereocenters. The number of amides is 1. The lowest BCUT2D eigenvalue weighted by Crippen LogP contribution is -2.38. The van der Waals surface area contributed by atoms with E-state index in [9.17, 15) is 9.90 Å². The number of phenols is 1. The molecule has 3 heteroatoms. The summed E-state index contributed by atoms with van der Waals surface area (Å²) >= 11 is 0. The van der Waals surface area contributed by atoms with Crippen LogP contribution in [0.4, 0.5) is 0 Å². The van der Waals surface area contributed by atoms with Crippen LogP contribution >= 0.6 is 0 Å². The van der Waals surface area contributed by atoms with E-state index in [1.54, 1.807) is 6.07 Å². The van der Waals surface area contributed by atoms with Crippen LogP contribution in [0.15, 0.2) is 36.4 Å². The third-order valence-corrected chi connectivity index (χ3v) is 4.42. The predicted molar refractivity (Wildman–Crippen MR) is 84.5 cm³/mol. The average Bonchev–Trinajstić information content (AvgIpc) is 2.95. The smallest absolute Gasteiger partial charge is 0.257 e. The van der Waals surface area contributed by atoms with E-state index in [-0.39, 0.29) is 17.7 Å². The molecule has 0 saturated carbocycles. The molecule has 0 radical (unpaired) electrons. The molecule has 1 fully saturated rings. The van der Waals surface area contributed by atoms with Crippen LogP contribution in [-0.4, -0.2) is 28.5 Å². The summed E-state index contributed by atoms with van der Waals surface area (Å²) in [7, 11) is 0. The largest absolute Gasteiger partial charge is 0.507 e. The van der Waals surface area contributed by atoms with E-state index in [1.807, 2.05) is 35.2 Å². The van der Waals surface area contributed by atoms with Crippen LogP contribution in [0, 0.1) is 5.92 Å². The lowest BCUT2D eigenvalue weighted by molar-refractivity contribution is 0.0698. The van der Waals surface area contributed by atoms with Crippen LogP contribution in [-0.2, 0) is 0 Å². The number of fused-ring (bicyclic) bond motifs is 1. The molecule has 0 aliphatic carbocycles. The average molecular weight is 283 g/mol. The SMILES string of the molecule is CC(C)C1CCCN1C(=O)c1cc2ccccc2cc1O. The van der Waals surface area contributed by atoms with Crippen LogP contribution in [0.3, 0.4) is 0 Å². The number of hydrogen-bond acceptors (Lipinski definition) is 2. The second-order valence-electron chi connectivity index (χ2n) is 6.17. The van der Waals surface area contributed by atoms with E-state index >= 15 is 0 Å². The van der Waals surface area contributed by atoms with Gasteiger partial charge < -0.3 is 10.0 Å². The summed E-state index contributed by atoms with van der Waals surface area (Å²) in [5, 5.41) is 12.2. The molecule has 2 aromatic carbocycles. The molecule has 1 saturated heterocycles. The van der Waals surface area contributed by atoms with Crippen molar-refractivity contribution in [2.75, 3.05) is 6.54 Å². The molecule has 3 rings (SSSR count). The topological polar surface area (TPSA) is 40.5 Å². The van der Waals surface area contributed by atoms with E-state index in [2.05, 4.69) is 13.8 Å². The number of nitrogens with zero attached hydrogens (tertiary/aromatic N) is 1. The maximum absolute atomic E-state index is 12.8. The molecule has 0 spiro atoms. The first-order chi connectivity index (χ1) is 10.1. The van der Waals surface area contributed by atoms with Crippen LogP contribution in [0.1, 0.15) is 37.0 Å². The van der Waals surface area contributed by atoms with Gasteiger partial charge in [-0.05, 0) is 41.7 Å². The fraction of sp³-hybridized carbons (Fsp3) is 0.389. The molecule has 0 bridgehead atoms. The van der Waals surface area contributed by atoms with Gasteiger partial charge in [0.1, 0.15) is 5.75 Å². The van der Waals surface area contributed by atoms with E-state index in [0.717, 1.165) is 30.2 Å². The number of likely N-dealkylation sites (tertiary alicyclic amines) is 1. The zero-order valence-corrected chi connectivity index (χ0v) is 12.5. The molecular formula is C18H21NO2. The van der Waals surface area contributed by atoms with Crippen LogP contribution in [0.2, 0.25) is 0 Å². The Morgan fingerprint density at radius 2 is 1.90 bits per heavy atom. The van der Waals surface area contributed by atoms with Gasteiger partial charge in [-0.25, -0.2) is 0 Å². The Morgan fingerprint density at radius 1 is 1.24 bits per heavy atom. The highest BCUT2D eigenvalue weighted by Gasteiger charge is 2.32. The minimum atomic E-state index is -0.0468. The Labute approximate surface area is 125 Å².